The van der Waals surface area contributed by atoms with E-state index in [1.807, 2.05) is 30.3 Å². The van der Waals surface area contributed by atoms with Gasteiger partial charge in [0.05, 0.1) is 4.90 Å². The zero-order chi connectivity index (χ0) is 19.6. The van der Waals surface area contributed by atoms with Gasteiger partial charge in [-0.2, -0.15) is 0 Å². The first kappa shape index (κ1) is 18.9. The molecule has 27 heavy (non-hydrogen) atoms. The number of sulfonamides is 1. The normalized spacial score (nSPS) is 12.1. The van der Waals surface area contributed by atoms with Gasteiger partial charge in [-0.1, -0.05) is 24.3 Å². The van der Waals surface area contributed by atoms with E-state index in [0.29, 0.717) is 11.4 Å². The second kappa shape index (κ2) is 7.38. The van der Waals surface area contributed by atoms with Crippen LogP contribution < -0.4 is 5.32 Å². The maximum atomic E-state index is 12.3. The number of aryl methyl sites for hydroxylation is 1. The minimum atomic E-state index is -3.57. The molecule has 0 atom stereocenters. The molecule has 0 saturated carbocycles. The van der Waals surface area contributed by atoms with Gasteiger partial charge in [-0.3, -0.25) is 4.79 Å². The standard InChI is InChI=1S/C20H20N2O4S/c1-14-8-10-17(27(24,25)22(2)3)13-18(14)21-20(23)11-9-16-12-15-6-4-5-7-19(15)26-16/h4-13H,1-3H3,(H,21,23)/b11-9+. The summed E-state index contributed by atoms with van der Waals surface area (Å²) in [6.45, 7) is 1.80. The van der Waals surface area contributed by atoms with Crippen LogP contribution in [0.15, 0.2) is 63.9 Å². The van der Waals surface area contributed by atoms with Crippen molar-refractivity contribution in [2.45, 2.75) is 11.8 Å². The Balaban J connectivity index is 1.79. The largest absolute Gasteiger partial charge is 0.457 e. The van der Waals surface area contributed by atoms with Crippen LogP contribution in [0.25, 0.3) is 17.0 Å². The molecule has 3 rings (SSSR count). The van der Waals surface area contributed by atoms with Gasteiger partial charge in [0, 0.05) is 31.2 Å². The molecule has 7 heteroatoms. The molecule has 0 bridgehead atoms. The van der Waals surface area contributed by atoms with Crippen LogP contribution in [0.5, 0.6) is 0 Å². The molecule has 0 aliphatic heterocycles. The van der Waals surface area contributed by atoms with E-state index in [-0.39, 0.29) is 10.8 Å². The fraction of sp³-hybridized carbons (Fsp3) is 0.150. The number of anilines is 1. The van der Waals surface area contributed by atoms with Gasteiger partial charge in [-0.15, -0.1) is 0 Å². The van der Waals surface area contributed by atoms with E-state index in [9.17, 15) is 13.2 Å². The molecular formula is C20H20N2O4S. The number of para-hydroxylation sites is 1. The molecule has 1 N–H and O–H groups in total. The fourth-order valence-electron chi connectivity index (χ4n) is 2.52. The lowest BCUT2D eigenvalue weighted by Crippen LogP contribution is -2.22. The van der Waals surface area contributed by atoms with Gasteiger partial charge in [0.2, 0.25) is 15.9 Å². The monoisotopic (exact) mass is 384 g/mol. The maximum Gasteiger partial charge on any atom is 0.248 e. The predicted molar refractivity (Wildman–Crippen MR) is 106 cm³/mol. The van der Waals surface area contributed by atoms with E-state index >= 15 is 0 Å². The Morgan fingerprint density at radius 3 is 2.56 bits per heavy atom. The molecule has 6 nitrogen and oxygen atoms in total. The maximum absolute atomic E-state index is 12.3. The summed E-state index contributed by atoms with van der Waals surface area (Å²) >= 11 is 0. The number of nitrogens with zero attached hydrogens (tertiary/aromatic N) is 1. The molecule has 1 heterocycles. The van der Waals surface area contributed by atoms with Gasteiger partial charge in [0.1, 0.15) is 11.3 Å². The Labute approximate surface area is 158 Å². The molecule has 0 saturated heterocycles. The van der Waals surface area contributed by atoms with Gasteiger partial charge in [-0.05, 0) is 42.8 Å². The third-order valence-corrected chi connectivity index (χ3v) is 5.90. The van der Waals surface area contributed by atoms with Gasteiger partial charge in [-0.25, -0.2) is 12.7 Å². The lowest BCUT2D eigenvalue weighted by atomic mass is 10.2. The minimum Gasteiger partial charge on any atom is -0.457 e. The van der Waals surface area contributed by atoms with Crippen molar-refractivity contribution in [1.29, 1.82) is 0 Å². The minimum absolute atomic E-state index is 0.120. The number of benzene rings is 2. The van der Waals surface area contributed by atoms with Crippen molar-refractivity contribution >= 4 is 38.7 Å². The van der Waals surface area contributed by atoms with E-state index in [0.717, 1.165) is 20.8 Å². The number of carbonyl (C=O) groups excluding carboxylic acids is 1. The number of hydrogen-bond donors (Lipinski definition) is 1. The molecule has 2 aromatic carbocycles. The van der Waals surface area contributed by atoms with Gasteiger partial charge >= 0.3 is 0 Å². The quantitative estimate of drug-likeness (QED) is 0.681. The van der Waals surface area contributed by atoms with E-state index in [4.69, 9.17) is 4.42 Å². The van der Waals surface area contributed by atoms with Gasteiger partial charge in [0.15, 0.2) is 0 Å². The van der Waals surface area contributed by atoms with Crippen molar-refractivity contribution in [3.63, 3.8) is 0 Å². The number of rotatable bonds is 5. The van der Waals surface area contributed by atoms with Gasteiger partial charge in [0.25, 0.3) is 0 Å². The Morgan fingerprint density at radius 2 is 1.85 bits per heavy atom. The van der Waals surface area contributed by atoms with Crippen molar-refractivity contribution < 1.29 is 17.6 Å². The highest BCUT2D eigenvalue weighted by molar-refractivity contribution is 7.89. The molecule has 0 spiro atoms. The summed E-state index contributed by atoms with van der Waals surface area (Å²) in [4.78, 5) is 12.4. The highest BCUT2D eigenvalue weighted by atomic mass is 32.2. The summed E-state index contributed by atoms with van der Waals surface area (Å²) in [7, 11) is -0.649. The van der Waals surface area contributed by atoms with E-state index in [2.05, 4.69) is 5.32 Å². The summed E-state index contributed by atoms with van der Waals surface area (Å²) in [5.74, 6) is 0.185. The third-order valence-electron chi connectivity index (χ3n) is 4.09. The summed E-state index contributed by atoms with van der Waals surface area (Å²) in [5.41, 5.74) is 1.95. The topological polar surface area (TPSA) is 79.6 Å². The zero-order valence-corrected chi connectivity index (χ0v) is 16.1. The summed E-state index contributed by atoms with van der Waals surface area (Å²) in [6, 6.07) is 14.0. The number of furan rings is 1. The Hall–Kier alpha value is -2.90. The Kier molecular flexibility index (Phi) is 5.16. The highest BCUT2D eigenvalue weighted by Crippen LogP contribution is 2.23. The van der Waals surface area contributed by atoms with E-state index < -0.39 is 10.0 Å². The first-order chi connectivity index (χ1) is 12.8. The molecular weight excluding hydrogens is 364 g/mol. The first-order valence-electron chi connectivity index (χ1n) is 8.28. The molecule has 3 aromatic rings. The van der Waals surface area contributed by atoms with Gasteiger partial charge < -0.3 is 9.73 Å². The van der Waals surface area contributed by atoms with Crippen LogP contribution in [0.1, 0.15) is 11.3 Å². The lowest BCUT2D eigenvalue weighted by molar-refractivity contribution is -0.111. The van der Waals surface area contributed by atoms with Crippen molar-refractivity contribution in [1.82, 2.24) is 4.31 Å². The van der Waals surface area contributed by atoms with Crippen LogP contribution in [-0.2, 0) is 14.8 Å². The molecule has 140 valence electrons. The van der Waals surface area contributed by atoms with Crippen LogP contribution >= 0.6 is 0 Å². The van der Waals surface area contributed by atoms with E-state index in [1.165, 1.54) is 32.3 Å². The summed E-state index contributed by atoms with van der Waals surface area (Å²) in [6.07, 6.45) is 2.93. The smallest absolute Gasteiger partial charge is 0.248 e. The molecule has 1 amide bonds. The highest BCUT2D eigenvalue weighted by Gasteiger charge is 2.18. The van der Waals surface area contributed by atoms with Crippen LogP contribution in [0, 0.1) is 6.92 Å². The fourth-order valence-corrected chi connectivity index (χ4v) is 3.45. The number of fused-ring (bicyclic) bond motifs is 1. The van der Waals surface area contributed by atoms with Crippen molar-refractivity contribution in [3.8, 4) is 0 Å². The van der Waals surface area contributed by atoms with Crippen molar-refractivity contribution in [2.24, 2.45) is 0 Å². The second-order valence-electron chi connectivity index (χ2n) is 6.27. The van der Waals surface area contributed by atoms with Crippen LogP contribution in [0.2, 0.25) is 0 Å². The molecule has 0 unspecified atom stereocenters. The van der Waals surface area contributed by atoms with Crippen LogP contribution in [0.4, 0.5) is 5.69 Å². The van der Waals surface area contributed by atoms with Crippen LogP contribution in [0.3, 0.4) is 0 Å². The molecule has 1 aromatic heterocycles. The number of hydrogen-bond acceptors (Lipinski definition) is 4. The van der Waals surface area contributed by atoms with Crippen molar-refractivity contribution in [2.75, 3.05) is 19.4 Å². The molecule has 0 aliphatic rings. The number of nitrogens with one attached hydrogen (secondary N) is 1. The number of amides is 1. The third kappa shape index (κ3) is 4.10. The lowest BCUT2D eigenvalue weighted by Gasteiger charge is -2.14. The zero-order valence-electron chi connectivity index (χ0n) is 15.3. The Morgan fingerprint density at radius 1 is 1.11 bits per heavy atom. The second-order valence-corrected chi connectivity index (χ2v) is 8.43. The average Bonchev–Trinajstić information content (AvgIpc) is 3.04. The Bertz CT molecular complexity index is 1090. The molecule has 0 radical (unpaired) electrons. The summed E-state index contributed by atoms with van der Waals surface area (Å²) in [5, 5.41) is 3.67. The van der Waals surface area contributed by atoms with Crippen molar-refractivity contribution in [3.05, 3.63) is 65.9 Å². The van der Waals surface area contributed by atoms with E-state index in [1.54, 1.807) is 19.1 Å². The number of carbonyl (C=O) groups is 1. The van der Waals surface area contributed by atoms with Crippen LogP contribution in [-0.4, -0.2) is 32.7 Å². The molecule has 0 aliphatic carbocycles. The molecule has 0 fully saturated rings. The first-order valence-corrected chi connectivity index (χ1v) is 9.72. The summed E-state index contributed by atoms with van der Waals surface area (Å²) < 4.78 is 31.3. The average molecular weight is 384 g/mol. The predicted octanol–water partition coefficient (Wildman–Crippen LogP) is 3.64. The SMILES string of the molecule is Cc1ccc(S(=O)(=O)N(C)C)cc1NC(=O)/C=C/c1cc2ccccc2o1.